The van der Waals surface area contributed by atoms with Gasteiger partial charge in [0, 0.05) is 18.3 Å². The van der Waals surface area contributed by atoms with Crippen LogP contribution in [-0.2, 0) is 0 Å². The summed E-state index contributed by atoms with van der Waals surface area (Å²) in [5, 5.41) is 6.86. The van der Waals surface area contributed by atoms with Crippen molar-refractivity contribution in [2.45, 2.75) is 6.42 Å². The Hall–Kier alpha value is -3.22. The van der Waals surface area contributed by atoms with Crippen molar-refractivity contribution in [2.24, 2.45) is 0 Å². The molecule has 0 aliphatic heterocycles. The second kappa shape index (κ2) is 7.87. The van der Waals surface area contributed by atoms with Crippen LogP contribution in [0.25, 0.3) is 5.82 Å². The summed E-state index contributed by atoms with van der Waals surface area (Å²) in [6.45, 7) is 1.08. The Bertz CT molecular complexity index is 775. The lowest BCUT2D eigenvalue weighted by molar-refractivity contribution is 0.0951. The van der Waals surface area contributed by atoms with E-state index in [-0.39, 0.29) is 5.91 Å². The summed E-state index contributed by atoms with van der Waals surface area (Å²) >= 11 is 0. The first-order valence-corrected chi connectivity index (χ1v) is 7.60. The normalized spacial score (nSPS) is 10.3. The van der Waals surface area contributed by atoms with Crippen LogP contribution >= 0.6 is 0 Å². The van der Waals surface area contributed by atoms with Gasteiger partial charge in [0.25, 0.3) is 5.91 Å². The van der Waals surface area contributed by atoms with Gasteiger partial charge in [0.2, 0.25) is 0 Å². The smallest absolute Gasteiger partial charge is 0.251 e. The van der Waals surface area contributed by atoms with E-state index in [2.05, 4.69) is 20.4 Å². The van der Waals surface area contributed by atoms with E-state index < -0.39 is 0 Å². The average molecular weight is 323 g/mol. The maximum atomic E-state index is 12.2. The number of amides is 1. The molecule has 0 saturated heterocycles. The van der Waals surface area contributed by atoms with Crippen LogP contribution in [-0.4, -0.2) is 38.8 Å². The number of hydrogen-bond acceptors (Lipinski definition) is 5. The van der Waals surface area contributed by atoms with Crippen molar-refractivity contribution < 1.29 is 9.53 Å². The molecular weight excluding hydrogens is 306 g/mol. The van der Waals surface area contributed by atoms with Crippen LogP contribution in [0.2, 0.25) is 0 Å². The third-order valence-electron chi connectivity index (χ3n) is 3.28. The number of carbonyl (C=O) groups is 1. The van der Waals surface area contributed by atoms with Crippen LogP contribution < -0.4 is 10.1 Å². The second-order valence-corrected chi connectivity index (χ2v) is 5.01. The molecule has 7 heteroatoms. The molecule has 7 nitrogen and oxygen atoms in total. The van der Waals surface area contributed by atoms with Gasteiger partial charge in [-0.25, -0.2) is 14.6 Å². The summed E-state index contributed by atoms with van der Waals surface area (Å²) in [5.41, 5.74) is 0.527. The van der Waals surface area contributed by atoms with Crippen molar-refractivity contribution in [2.75, 3.05) is 13.2 Å². The molecule has 0 unspecified atom stereocenters. The molecule has 122 valence electrons. The Morgan fingerprint density at radius 3 is 2.88 bits per heavy atom. The van der Waals surface area contributed by atoms with Gasteiger partial charge in [0.15, 0.2) is 5.82 Å². The molecule has 2 aromatic heterocycles. The Kier molecular flexibility index (Phi) is 5.14. The van der Waals surface area contributed by atoms with E-state index in [1.54, 1.807) is 18.3 Å². The number of rotatable bonds is 7. The predicted octanol–water partition coefficient (Wildman–Crippen LogP) is 1.86. The summed E-state index contributed by atoms with van der Waals surface area (Å²) in [7, 11) is 0. The van der Waals surface area contributed by atoms with Crippen molar-refractivity contribution >= 4 is 5.91 Å². The molecule has 1 amide bonds. The fraction of sp³-hybridized carbons (Fsp3) is 0.176. The number of aromatic nitrogens is 4. The minimum absolute atomic E-state index is 0.154. The first-order chi connectivity index (χ1) is 11.8. The molecule has 3 aromatic rings. The van der Waals surface area contributed by atoms with Gasteiger partial charge in [-0.1, -0.05) is 18.2 Å². The number of carbonyl (C=O) groups excluding carboxylic acids is 1. The Labute approximate surface area is 139 Å². The van der Waals surface area contributed by atoms with Crippen molar-refractivity contribution in [3.8, 4) is 11.6 Å². The van der Waals surface area contributed by atoms with E-state index in [0.717, 1.165) is 12.2 Å². The van der Waals surface area contributed by atoms with Gasteiger partial charge in [0.1, 0.15) is 18.4 Å². The molecule has 24 heavy (non-hydrogen) atoms. The zero-order chi connectivity index (χ0) is 16.6. The van der Waals surface area contributed by atoms with E-state index >= 15 is 0 Å². The molecule has 0 radical (unpaired) electrons. The van der Waals surface area contributed by atoms with E-state index in [0.29, 0.717) is 24.5 Å². The third kappa shape index (κ3) is 4.16. The highest BCUT2D eigenvalue weighted by Crippen LogP contribution is 2.08. The molecule has 0 saturated carbocycles. The predicted molar refractivity (Wildman–Crippen MR) is 88.0 cm³/mol. The van der Waals surface area contributed by atoms with Gasteiger partial charge in [-0.3, -0.25) is 4.79 Å². The number of pyridine rings is 1. The molecule has 1 N–H and O–H groups in total. The van der Waals surface area contributed by atoms with Crippen LogP contribution in [0.3, 0.4) is 0 Å². The monoisotopic (exact) mass is 323 g/mol. The van der Waals surface area contributed by atoms with Gasteiger partial charge < -0.3 is 10.1 Å². The van der Waals surface area contributed by atoms with E-state index in [9.17, 15) is 4.79 Å². The number of hydrogen-bond donors (Lipinski definition) is 1. The van der Waals surface area contributed by atoms with Gasteiger partial charge in [0.05, 0.1) is 6.61 Å². The van der Waals surface area contributed by atoms with Gasteiger partial charge in [-0.2, -0.15) is 5.10 Å². The van der Waals surface area contributed by atoms with Crippen LogP contribution in [0.5, 0.6) is 5.75 Å². The quantitative estimate of drug-likeness (QED) is 0.671. The summed E-state index contributed by atoms with van der Waals surface area (Å²) in [6.07, 6.45) is 5.25. The van der Waals surface area contributed by atoms with E-state index in [1.165, 1.54) is 17.3 Å². The SMILES string of the molecule is O=C(NCCCOc1ccccc1)c1ccnc(-n2cncn2)c1. The number of ether oxygens (including phenoxy) is 1. The van der Waals surface area contributed by atoms with E-state index in [1.807, 2.05) is 30.3 Å². The lowest BCUT2D eigenvalue weighted by Crippen LogP contribution is -2.25. The molecule has 0 atom stereocenters. The van der Waals surface area contributed by atoms with Crippen LogP contribution in [0, 0.1) is 0 Å². The highest BCUT2D eigenvalue weighted by molar-refractivity contribution is 5.94. The minimum Gasteiger partial charge on any atom is -0.494 e. The molecule has 0 aliphatic rings. The lowest BCUT2D eigenvalue weighted by atomic mass is 10.2. The molecule has 0 bridgehead atoms. The highest BCUT2D eigenvalue weighted by Gasteiger charge is 2.07. The minimum atomic E-state index is -0.154. The lowest BCUT2D eigenvalue weighted by Gasteiger charge is -2.08. The molecular formula is C17H17N5O2. The van der Waals surface area contributed by atoms with Gasteiger partial charge >= 0.3 is 0 Å². The maximum absolute atomic E-state index is 12.2. The summed E-state index contributed by atoms with van der Waals surface area (Å²) < 4.78 is 7.09. The molecule has 2 heterocycles. The summed E-state index contributed by atoms with van der Waals surface area (Å²) in [6, 6.07) is 12.9. The average Bonchev–Trinajstić information content (AvgIpc) is 3.17. The van der Waals surface area contributed by atoms with Crippen LogP contribution in [0.1, 0.15) is 16.8 Å². The number of nitrogens with zero attached hydrogens (tertiary/aromatic N) is 4. The molecule has 0 spiro atoms. The standard InChI is InChI=1S/C17H17N5O2/c23-17(20-8-4-10-24-15-5-2-1-3-6-15)14-7-9-19-16(11-14)22-13-18-12-21-22/h1-3,5-7,9,11-13H,4,8,10H2,(H,20,23). The van der Waals surface area contributed by atoms with Crippen LogP contribution in [0.4, 0.5) is 0 Å². The molecule has 3 rings (SSSR count). The highest BCUT2D eigenvalue weighted by atomic mass is 16.5. The van der Waals surface area contributed by atoms with Crippen molar-refractivity contribution in [1.82, 2.24) is 25.1 Å². The Balaban J connectivity index is 1.46. The fourth-order valence-corrected chi connectivity index (χ4v) is 2.09. The largest absolute Gasteiger partial charge is 0.494 e. The zero-order valence-corrected chi connectivity index (χ0v) is 13.0. The van der Waals surface area contributed by atoms with Gasteiger partial charge in [-0.05, 0) is 30.7 Å². The molecule has 1 aromatic carbocycles. The Morgan fingerprint density at radius 2 is 2.08 bits per heavy atom. The number of nitrogens with one attached hydrogen (secondary N) is 1. The topological polar surface area (TPSA) is 81.9 Å². The number of benzene rings is 1. The van der Waals surface area contributed by atoms with E-state index in [4.69, 9.17) is 4.74 Å². The summed E-state index contributed by atoms with van der Waals surface area (Å²) in [4.78, 5) is 20.2. The molecule has 0 fully saturated rings. The zero-order valence-electron chi connectivity index (χ0n) is 13.0. The van der Waals surface area contributed by atoms with Crippen molar-refractivity contribution in [3.63, 3.8) is 0 Å². The van der Waals surface area contributed by atoms with Crippen molar-refractivity contribution in [3.05, 3.63) is 66.9 Å². The van der Waals surface area contributed by atoms with Crippen molar-refractivity contribution in [1.29, 1.82) is 0 Å². The molecule has 0 aliphatic carbocycles. The van der Waals surface area contributed by atoms with Crippen LogP contribution in [0.15, 0.2) is 61.3 Å². The fourth-order valence-electron chi connectivity index (χ4n) is 2.09. The first kappa shape index (κ1) is 15.7. The maximum Gasteiger partial charge on any atom is 0.251 e. The second-order valence-electron chi connectivity index (χ2n) is 5.01. The Morgan fingerprint density at radius 1 is 1.21 bits per heavy atom. The summed E-state index contributed by atoms with van der Waals surface area (Å²) in [5.74, 6) is 1.22. The number of para-hydroxylation sites is 1. The van der Waals surface area contributed by atoms with Gasteiger partial charge in [-0.15, -0.1) is 0 Å². The third-order valence-corrected chi connectivity index (χ3v) is 3.28. The first-order valence-electron chi connectivity index (χ1n) is 7.60.